The zero-order valence-corrected chi connectivity index (χ0v) is 13.3. The molecule has 0 amide bonds. The van der Waals surface area contributed by atoms with Crippen LogP contribution in [0.3, 0.4) is 0 Å². The van der Waals surface area contributed by atoms with E-state index < -0.39 is 26.5 Å². The average Bonchev–Trinajstić information content (AvgIpc) is 2.35. The van der Waals surface area contributed by atoms with E-state index in [1.165, 1.54) is 19.1 Å². The number of hydrogen-bond acceptors (Lipinski definition) is 5. The maximum atomic E-state index is 12.3. The number of aliphatic carboxylic acids is 1. The first kappa shape index (κ1) is 18.1. The SMILES string of the molecule is Cc1ccc(S(=O)(=O)NC(C)(C)CCC(=O)O)cc1[N+](=O)[O-]. The van der Waals surface area contributed by atoms with Gasteiger partial charge in [0.2, 0.25) is 10.0 Å². The van der Waals surface area contributed by atoms with Gasteiger partial charge in [-0.3, -0.25) is 14.9 Å². The minimum absolute atomic E-state index is 0.0928. The molecule has 0 aliphatic carbocycles. The summed E-state index contributed by atoms with van der Waals surface area (Å²) in [7, 11) is -3.99. The first-order valence-electron chi connectivity index (χ1n) is 6.45. The van der Waals surface area contributed by atoms with Crippen molar-refractivity contribution in [1.29, 1.82) is 0 Å². The lowest BCUT2D eigenvalue weighted by Crippen LogP contribution is -2.43. The molecule has 1 aromatic carbocycles. The number of nitro benzene ring substituents is 1. The van der Waals surface area contributed by atoms with Gasteiger partial charge in [-0.2, -0.15) is 0 Å². The number of carboxylic acid groups (broad SMARTS) is 1. The lowest BCUT2D eigenvalue weighted by atomic mass is 10.0. The predicted molar refractivity (Wildman–Crippen MR) is 79.1 cm³/mol. The Balaban J connectivity index is 3.07. The van der Waals surface area contributed by atoms with Crippen molar-refractivity contribution in [2.45, 2.75) is 44.0 Å². The van der Waals surface area contributed by atoms with Crippen LogP contribution in [0.25, 0.3) is 0 Å². The fraction of sp³-hybridized carbons (Fsp3) is 0.462. The molecule has 0 saturated carbocycles. The summed E-state index contributed by atoms with van der Waals surface area (Å²) in [5.74, 6) is -1.03. The Hall–Kier alpha value is -2.00. The number of hydrogen-bond donors (Lipinski definition) is 2. The van der Waals surface area contributed by atoms with Crippen LogP contribution >= 0.6 is 0 Å². The molecule has 0 heterocycles. The zero-order chi connectivity index (χ0) is 17.1. The summed E-state index contributed by atoms with van der Waals surface area (Å²) in [5.41, 5.74) is -0.919. The van der Waals surface area contributed by atoms with Gasteiger partial charge in [-0.15, -0.1) is 0 Å². The van der Waals surface area contributed by atoms with Gasteiger partial charge in [-0.05, 0) is 33.3 Å². The minimum Gasteiger partial charge on any atom is -0.481 e. The fourth-order valence-electron chi connectivity index (χ4n) is 1.85. The molecule has 8 nitrogen and oxygen atoms in total. The van der Waals surface area contributed by atoms with E-state index in [4.69, 9.17) is 5.11 Å². The molecule has 0 unspecified atom stereocenters. The van der Waals surface area contributed by atoms with Gasteiger partial charge in [0, 0.05) is 23.6 Å². The van der Waals surface area contributed by atoms with Crippen LogP contribution in [-0.4, -0.2) is 30.0 Å². The molecule has 0 bridgehead atoms. The lowest BCUT2D eigenvalue weighted by molar-refractivity contribution is -0.385. The summed E-state index contributed by atoms with van der Waals surface area (Å²) in [6.07, 6.45) is -0.0981. The monoisotopic (exact) mass is 330 g/mol. The highest BCUT2D eigenvalue weighted by Gasteiger charge is 2.28. The highest BCUT2D eigenvalue weighted by Crippen LogP contribution is 2.24. The van der Waals surface area contributed by atoms with Crippen LogP contribution in [0.1, 0.15) is 32.3 Å². The molecular weight excluding hydrogens is 312 g/mol. The van der Waals surface area contributed by atoms with Gasteiger partial charge in [0.1, 0.15) is 0 Å². The third-order valence-corrected chi connectivity index (χ3v) is 4.76. The molecule has 0 aromatic heterocycles. The second-order valence-corrected chi connectivity index (χ2v) is 7.27. The van der Waals surface area contributed by atoms with E-state index in [9.17, 15) is 23.3 Å². The van der Waals surface area contributed by atoms with Crippen LogP contribution in [-0.2, 0) is 14.8 Å². The summed E-state index contributed by atoms with van der Waals surface area (Å²) < 4.78 is 27.0. The second-order valence-electron chi connectivity index (χ2n) is 5.59. The summed E-state index contributed by atoms with van der Waals surface area (Å²) in [5, 5.41) is 19.6. The molecule has 0 fully saturated rings. The summed E-state index contributed by atoms with van der Waals surface area (Å²) in [4.78, 5) is 20.6. The van der Waals surface area contributed by atoms with Gasteiger partial charge in [-0.1, -0.05) is 6.07 Å². The molecule has 0 aliphatic heterocycles. The van der Waals surface area contributed by atoms with Gasteiger partial charge in [0.05, 0.1) is 9.82 Å². The normalized spacial score (nSPS) is 12.1. The van der Waals surface area contributed by atoms with Crippen molar-refractivity contribution in [3.8, 4) is 0 Å². The van der Waals surface area contributed by atoms with E-state index in [0.717, 1.165) is 6.07 Å². The number of aryl methyl sites for hydroxylation is 1. The molecule has 122 valence electrons. The number of nitrogens with one attached hydrogen (secondary N) is 1. The average molecular weight is 330 g/mol. The highest BCUT2D eigenvalue weighted by molar-refractivity contribution is 7.89. The van der Waals surface area contributed by atoms with Gasteiger partial charge in [0.15, 0.2) is 0 Å². The van der Waals surface area contributed by atoms with E-state index >= 15 is 0 Å². The first-order valence-corrected chi connectivity index (χ1v) is 7.94. The molecule has 0 saturated heterocycles. The number of rotatable bonds is 7. The maximum absolute atomic E-state index is 12.3. The lowest BCUT2D eigenvalue weighted by Gasteiger charge is -2.25. The third kappa shape index (κ3) is 4.78. The Labute approximate surface area is 128 Å². The van der Waals surface area contributed by atoms with Crippen LogP contribution in [0, 0.1) is 17.0 Å². The van der Waals surface area contributed by atoms with E-state index in [0.29, 0.717) is 5.56 Å². The van der Waals surface area contributed by atoms with Gasteiger partial charge >= 0.3 is 5.97 Å². The summed E-state index contributed by atoms with van der Waals surface area (Å²) >= 11 is 0. The van der Waals surface area contributed by atoms with Crippen LogP contribution in [0.2, 0.25) is 0 Å². The van der Waals surface area contributed by atoms with E-state index in [1.807, 2.05) is 0 Å². The van der Waals surface area contributed by atoms with Crippen molar-refractivity contribution in [2.24, 2.45) is 0 Å². The number of carboxylic acids is 1. The molecule has 22 heavy (non-hydrogen) atoms. The fourth-order valence-corrected chi connectivity index (χ4v) is 3.31. The Morgan fingerprint density at radius 1 is 1.41 bits per heavy atom. The van der Waals surface area contributed by atoms with Crippen LogP contribution < -0.4 is 4.72 Å². The van der Waals surface area contributed by atoms with Crippen LogP contribution in [0.15, 0.2) is 23.1 Å². The Kier molecular flexibility index (Phi) is 5.26. The second kappa shape index (κ2) is 6.41. The molecule has 1 aromatic rings. The maximum Gasteiger partial charge on any atom is 0.303 e. The summed E-state index contributed by atoms with van der Waals surface area (Å²) in [6, 6.07) is 3.62. The van der Waals surface area contributed by atoms with Gasteiger partial charge < -0.3 is 5.11 Å². The van der Waals surface area contributed by atoms with Crippen molar-refractivity contribution < 1.29 is 23.2 Å². The van der Waals surface area contributed by atoms with E-state index in [-0.39, 0.29) is 23.4 Å². The van der Waals surface area contributed by atoms with E-state index in [2.05, 4.69) is 4.72 Å². The molecule has 1 rings (SSSR count). The summed E-state index contributed by atoms with van der Waals surface area (Å²) in [6.45, 7) is 4.62. The highest BCUT2D eigenvalue weighted by atomic mass is 32.2. The smallest absolute Gasteiger partial charge is 0.303 e. The Morgan fingerprint density at radius 2 is 2.00 bits per heavy atom. The number of sulfonamides is 1. The van der Waals surface area contributed by atoms with Crippen molar-refractivity contribution in [3.05, 3.63) is 33.9 Å². The molecule has 0 atom stereocenters. The van der Waals surface area contributed by atoms with Crippen molar-refractivity contribution >= 4 is 21.7 Å². The molecule has 0 radical (unpaired) electrons. The third-order valence-electron chi connectivity index (χ3n) is 3.06. The number of nitrogens with zero attached hydrogens (tertiary/aromatic N) is 1. The quantitative estimate of drug-likeness (QED) is 0.580. The number of nitro groups is 1. The molecule has 0 spiro atoms. The zero-order valence-electron chi connectivity index (χ0n) is 12.5. The number of carbonyl (C=O) groups is 1. The standard InChI is InChI=1S/C13H18N2O6S/c1-9-4-5-10(8-11(9)15(18)19)22(20,21)14-13(2,3)7-6-12(16)17/h4-5,8,14H,6-7H2,1-3H3,(H,16,17). The molecular formula is C13H18N2O6S. The first-order chi connectivity index (χ1) is 9.94. The van der Waals surface area contributed by atoms with Crippen LogP contribution in [0.4, 0.5) is 5.69 Å². The van der Waals surface area contributed by atoms with Crippen molar-refractivity contribution in [2.75, 3.05) is 0 Å². The molecule has 0 aliphatic rings. The largest absolute Gasteiger partial charge is 0.481 e. The Morgan fingerprint density at radius 3 is 2.50 bits per heavy atom. The molecule has 2 N–H and O–H groups in total. The number of benzene rings is 1. The topological polar surface area (TPSA) is 127 Å². The Bertz CT molecular complexity index is 696. The molecule has 9 heteroatoms. The van der Waals surface area contributed by atoms with Gasteiger partial charge in [0.25, 0.3) is 5.69 Å². The minimum atomic E-state index is -3.99. The van der Waals surface area contributed by atoms with Crippen molar-refractivity contribution in [3.63, 3.8) is 0 Å². The predicted octanol–water partition coefficient (Wildman–Crippen LogP) is 1.82. The van der Waals surface area contributed by atoms with E-state index in [1.54, 1.807) is 13.8 Å². The van der Waals surface area contributed by atoms with Gasteiger partial charge in [-0.25, -0.2) is 13.1 Å². The van der Waals surface area contributed by atoms with Crippen molar-refractivity contribution in [1.82, 2.24) is 4.72 Å². The van der Waals surface area contributed by atoms with Crippen LogP contribution in [0.5, 0.6) is 0 Å².